The molecular weight excluding hydrogens is 278 g/mol. The predicted molar refractivity (Wildman–Crippen MR) is 89.3 cm³/mol. The first-order valence-corrected chi connectivity index (χ1v) is 8.34. The molecule has 0 aliphatic heterocycles. The maximum Gasteiger partial charge on any atom is 0.139 e. The number of nitrogens with zero attached hydrogens (tertiary/aromatic N) is 2. The van der Waals surface area contributed by atoms with Crippen LogP contribution in [-0.4, -0.2) is 16.5 Å². The number of hydrogen-bond acceptors (Lipinski definition) is 4. The first-order valence-electron chi connectivity index (χ1n) is 7.35. The van der Waals surface area contributed by atoms with E-state index >= 15 is 0 Å². The summed E-state index contributed by atoms with van der Waals surface area (Å²) in [6.45, 7) is 8.27. The highest BCUT2D eigenvalue weighted by Crippen LogP contribution is 2.20. The van der Waals surface area contributed by atoms with E-state index in [1.165, 1.54) is 4.90 Å². The standard InChI is InChI=1S/C17H23N3S/c1-13(2)10-18-11-15-9-14(3)19-17(20-15)12-21-16-7-5-4-6-8-16/h4-9,13,18H,10-12H2,1-3H3. The first-order chi connectivity index (χ1) is 10.1. The van der Waals surface area contributed by atoms with Crippen LogP contribution in [0.1, 0.15) is 31.1 Å². The van der Waals surface area contributed by atoms with Gasteiger partial charge in [0.1, 0.15) is 5.82 Å². The topological polar surface area (TPSA) is 37.8 Å². The van der Waals surface area contributed by atoms with Crippen molar-refractivity contribution >= 4 is 11.8 Å². The van der Waals surface area contributed by atoms with E-state index in [9.17, 15) is 0 Å². The lowest BCUT2D eigenvalue weighted by molar-refractivity contribution is 0.547. The lowest BCUT2D eigenvalue weighted by atomic mass is 10.2. The summed E-state index contributed by atoms with van der Waals surface area (Å²) in [5, 5.41) is 3.43. The van der Waals surface area contributed by atoms with Gasteiger partial charge in [-0.3, -0.25) is 0 Å². The summed E-state index contributed by atoms with van der Waals surface area (Å²) in [5.74, 6) is 2.37. The molecule has 4 heteroatoms. The van der Waals surface area contributed by atoms with Crippen molar-refractivity contribution in [2.24, 2.45) is 5.92 Å². The molecule has 0 atom stereocenters. The minimum atomic E-state index is 0.654. The van der Waals surface area contributed by atoms with Crippen LogP contribution in [0.15, 0.2) is 41.3 Å². The highest BCUT2D eigenvalue weighted by atomic mass is 32.2. The van der Waals surface area contributed by atoms with Crippen LogP contribution in [-0.2, 0) is 12.3 Å². The second-order valence-corrected chi connectivity index (χ2v) is 6.59. The fraction of sp³-hybridized carbons (Fsp3) is 0.412. The molecule has 0 fully saturated rings. The zero-order chi connectivity index (χ0) is 15.1. The van der Waals surface area contributed by atoms with Gasteiger partial charge in [0.15, 0.2) is 0 Å². The Morgan fingerprint density at radius 2 is 1.90 bits per heavy atom. The van der Waals surface area contributed by atoms with E-state index < -0.39 is 0 Å². The van der Waals surface area contributed by atoms with E-state index in [1.807, 2.05) is 13.0 Å². The average molecular weight is 301 g/mol. The van der Waals surface area contributed by atoms with E-state index in [0.717, 1.165) is 36.1 Å². The normalized spacial score (nSPS) is 11.0. The molecule has 1 N–H and O–H groups in total. The first kappa shape index (κ1) is 16.0. The minimum absolute atomic E-state index is 0.654. The Balaban J connectivity index is 1.94. The molecule has 3 nitrogen and oxygen atoms in total. The molecule has 0 aliphatic rings. The molecule has 1 heterocycles. The Bertz CT molecular complexity index is 555. The molecule has 2 rings (SSSR count). The molecule has 1 aromatic heterocycles. The fourth-order valence-electron chi connectivity index (χ4n) is 2.01. The number of aromatic nitrogens is 2. The molecule has 0 saturated heterocycles. The van der Waals surface area contributed by atoms with E-state index in [2.05, 4.69) is 59.5 Å². The largest absolute Gasteiger partial charge is 0.311 e. The summed E-state index contributed by atoms with van der Waals surface area (Å²) in [7, 11) is 0. The number of nitrogens with one attached hydrogen (secondary N) is 1. The summed E-state index contributed by atoms with van der Waals surface area (Å²) >= 11 is 1.77. The van der Waals surface area contributed by atoms with Crippen LogP contribution >= 0.6 is 11.8 Å². The highest BCUT2D eigenvalue weighted by Gasteiger charge is 2.04. The minimum Gasteiger partial charge on any atom is -0.311 e. The maximum atomic E-state index is 4.65. The Morgan fingerprint density at radius 1 is 1.14 bits per heavy atom. The Labute approximate surface area is 131 Å². The van der Waals surface area contributed by atoms with Gasteiger partial charge in [-0.2, -0.15) is 0 Å². The van der Waals surface area contributed by atoms with Crippen LogP contribution in [0.25, 0.3) is 0 Å². The molecule has 0 aliphatic carbocycles. The second-order valence-electron chi connectivity index (χ2n) is 5.54. The highest BCUT2D eigenvalue weighted by molar-refractivity contribution is 7.98. The number of rotatable bonds is 7. The lowest BCUT2D eigenvalue weighted by Gasteiger charge is -2.09. The molecule has 0 unspecified atom stereocenters. The molecule has 0 radical (unpaired) electrons. The van der Waals surface area contributed by atoms with Crippen molar-refractivity contribution in [2.75, 3.05) is 6.54 Å². The number of thioether (sulfide) groups is 1. The zero-order valence-electron chi connectivity index (χ0n) is 13.0. The molecule has 0 spiro atoms. The molecule has 112 valence electrons. The van der Waals surface area contributed by atoms with Crippen molar-refractivity contribution < 1.29 is 0 Å². The molecule has 2 aromatic rings. The number of aryl methyl sites for hydroxylation is 1. The van der Waals surface area contributed by atoms with Gasteiger partial charge < -0.3 is 5.32 Å². The fourth-order valence-corrected chi connectivity index (χ4v) is 2.78. The van der Waals surface area contributed by atoms with E-state index in [0.29, 0.717) is 5.92 Å². The van der Waals surface area contributed by atoms with Gasteiger partial charge in [-0.25, -0.2) is 9.97 Å². The molecule has 0 saturated carbocycles. The van der Waals surface area contributed by atoms with E-state index in [-0.39, 0.29) is 0 Å². The Hall–Kier alpha value is -1.39. The zero-order valence-corrected chi connectivity index (χ0v) is 13.8. The van der Waals surface area contributed by atoms with Gasteiger partial charge in [-0.05, 0) is 37.6 Å². The van der Waals surface area contributed by atoms with Gasteiger partial charge in [0.25, 0.3) is 0 Å². The SMILES string of the molecule is Cc1cc(CNCC(C)C)nc(CSc2ccccc2)n1. The third-order valence-corrected chi connectivity index (χ3v) is 3.93. The molecule has 0 bridgehead atoms. The van der Waals surface area contributed by atoms with Crippen molar-refractivity contribution in [2.45, 2.75) is 38.0 Å². The van der Waals surface area contributed by atoms with Gasteiger partial charge in [-0.1, -0.05) is 32.0 Å². The van der Waals surface area contributed by atoms with Gasteiger partial charge in [0, 0.05) is 17.1 Å². The summed E-state index contributed by atoms with van der Waals surface area (Å²) in [4.78, 5) is 10.4. The average Bonchev–Trinajstić information content (AvgIpc) is 2.45. The number of hydrogen-bond donors (Lipinski definition) is 1. The second kappa shape index (κ2) is 8.15. The van der Waals surface area contributed by atoms with Crippen LogP contribution in [0.4, 0.5) is 0 Å². The molecular formula is C17H23N3S. The predicted octanol–water partition coefficient (Wildman–Crippen LogP) is 3.82. The van der Waals surface area contributed by atoms with Crippen LogP contribution < -0.4 is 5.32 Å². The Morgan fingerprint density at radius 3 is 2.62 bits per heavy atom. The van der Waals surface area contributed by atoms with Crippen LogP contribution in [0.2, 0.25) is 0 Å². The third-order valence-electron chi connectivity index (χ3n) is 2.92. The van der Waals surface area contributed by atoms with Crippen molar-refractivity contribution in [1.29, 1.82) is 0 Å². The van der Waals surface area contributed by atoms with Gasteiger partial charge in [0.05, 0.1) is 11.4 Å². The summed E-state index contributed by atoms with van der Waals surface area (Å²) in [5.41, 5.74) is 2.11. The quantitative estimate of drug-likeness (QED) is 0.789. The summed E-state index contributed by atoms with van der Waals surface area (Å²) in [6.07, 6.45) is 0. The summed E-state index contributed by atoms with van der Waals surface area (Å²) < 4.78 is 0. The summed E-state index contributed by atoms with van der Waals surface area (Å²) in [6, 6.07) is 12.4. The Kier molecular flexibility index (Phi) is 6.21. The monoisotopic (exact) mass is 301 g/mol. The lowest BCUT2D eigenvalue weighted by Crippen LogP contribution is -2.20. The van der Waals surface area contributed by atoms with Gasteiger partial charge >= 0.3 is 0 Å². The maximum absolute atomic E-state index is 4.65. The van der Waals surface area contributed by atoms with E-state index in [4.69, 9.17) is 0 Å². The van der Waals surface area contributed by atoms with Crippen molar-refractivity contribution in [3.63, 3.8) is 0 Å². The van der Waals surface area contributed by atoms with Crippen LogP contribution in [0, 0.1) is 12.8 Å². The van der Waals surface area contributed by atoms with Crippen LogP contribution in [0.3, 0.4) is 0 Å². The molecule has 1 aromatic carbocycles. The number of benzene rings is 1. The third kappa shape index (κ3) is 5.86. The smallest absolute Gasteiger partial charge is 0.139 e. The van der Waals surface area contributed by atoms with Crippen LogP contribution in [0.5, 0.6) is 0 Å². The van der Waals surface area contributed by atoms with Crippen molar-refractivity contribution in [1.82, 2.24) is 15.3 Å². The molecule has 0 amide bonds. The van der Waals surface area contributed by atoms with Crippen molar-refractivity contribution in [3.05, 3.63) is 53.6 Å². The van der Waals surface area contributed by atoms with Crippen molar-refractivity contribution in [3.8, 4) is 0 Å². The van der Waals surface area contributed by atoms with Gasteiger partial charge in [-0.15, -0.1) is 11.8 Å². The molecule has 21 heavy (non-hydrogen) atoms. The van der Waals surface area contributed by atoms with E-state index in [1.54, 1.807) is 11.8 Å². The van der Waals surface area contributed by atoms with Gasteiger partial charge in [0.2, 0.25) is 0 Å².